The molecule has 0 saturated heterocycles. The molecule has 6 nitrogen and oxygen atoms in total. The minimum absolute atomic E-state index is 0.0949. The standard InChI is InChI=1S/C25H30FN3O3S/c1-25(26)13-11-22(23(17-25)24(30)28-16-14-27)21-6-4-3-5-20(21)19-9-7-18(8-10-19)12-15-29-33(2,31)32/h3-10,22-23,29H,11-13,15-17H2,1-2H3,(H,28,30)/t22-,23+,25?/m0/s1. The van der Waals surface area contributed by atoms with Crippen LogP contribution in [0, 0.1) is 17.2 Å². The second-order valence-corrected chi connectivity index (χ2v) is 10.8. The third-order valence-electron chi connectivity index (χ3n) is 6.19. The number of nitrogens with one attached hydrogen (secondary N) is 2. The van der Waals surface area contributed by atoms with Crippen molar-refractivity contribution in [1.82, 2.24) is 10.0 Å². The average Bonchev–Trinajstić information content (AvgIpc) is 2.76. The Labute approximate surface area is 195 Å². The second kappa shape index (κ2) is 10.4. The Morgan fingerprint density at radius 1 is 1.21 bits per heavy atom. The van der Waals surface area contributed by atoms with Gasteiger partial charge in [-0.05, 0) is 60.8 Å². The fourth-order valence-electron chi connectivity index (χ4n) is 4.58. The number of halogens is 1. The molecular formula is C25H30FN3O3S. The van der Waals surface area contributed by atoms with Crippen LogP contribution >= 0.6 is 0 Å². The summed E-state index contributed by atoms with van der Waals surface area (Å²) in [5.74, 6) is -0.986. The van der Waals surface area contributed by atoms with Crippen molar-refractivity contribution in [3.8, 4) is 17.2 Å². The molecule has 2 aromatic rings. The lowest BCUT2D eigenvalue weighted by Gasteiger charge is -2.38. The van der Waals surface area contributed by atoms with E-state index in [1.165, 1.54) is 6.92 Å². The lowest BCUT2D eigenvalue weighted by Crippen LogP contribution is -2.42. The first kappa shape index (κ1) is 24.9. The van der Waals surface area contributed by atoms with Gasteiger partial charge in [-0.2, -0.15) is 5.26 Å². The van der Waals surface area contributed by atoms with E-state index in [-0.39, 0.29) is 24.8 Å². The van der Waals surface area contributed by atoms with Crippen molar-refractivity contribution < 1.29 is 17.6 Å². The first-order valence-corrected chi connectivity index (χ1v) is 13.0. The summed E-state index contributed by atoms with van der Waals surface area (Å²) in [5.41, 5.74) is 2.56. The van der Waals surface area contributed by atoms with E-state index in [1.807, 2.05) is 54.6 Å². The SMILES string of the molecule is CC1(F)CC[C@@H](c2ccccc2-c2ccc(CCNS(C)(=O)=O)cc2)[C@H](C(=O)NCC#N)C1. The number of hydrogen-bond acceptors (Lipinski definition) is 4. The number of alkyl halides is 1. The first-order valence-electron chi connectivity index (χ1n) is 11.1. The largest absolute Gasteiger partial charge is 0.343 e. The van der Waals surface area contributed by atoms with Crippen LogP contribution in [0.1, 0.15) is 43.2 Å². The minimum atomic E-state index is -3.22. The van der Waals surface area contributed by atoms with E-state index in [1.54, 1.807) is 0 Å². The Morgan fingerprint density at radius 3 is 2.58 bits per heavy atom. The Kier molecular flexibility index (Phi) is 7.88. The molecule has 1 aliphatic rings. The molecule has 0 spiro atoms. The Bertz CT molecular complexity index is 1120. The fraction of sp³-hybridized carbons (Fsp3) is 0.440. The first-order chi connectivity index (χ1) is 15.6. The summed E-state index contributed by atoms with van der Waals surface area (Å²) in [6.45, 7) is 1.78. The van der Waals surface area contributed by atoms with E-state index in [9.17, 15) is 17.6 Å². The summed E-state index contributed by atoms with van der Waals surface area (Å²) < 4.78 is 39.8. The van der Waals surface area contributed by atoms with Crippen LogP contribution in [0.4, 0.5) is 4.39 Å². The number of nitriles is 1. The van der Waals surface area contributed by atoms with E-state index >= 15 is 0 Å². The van der Waals surface area contributed by atoms with Gasteiger partial charge in [0.25, 0.3) is 0 Å². The molecule has 2 aromatic carbocycles. The van der Waals surface area contributed by atoms with Gasteiger partial charge in [-0.25, -0.2) is 17.5 Å². The number of amides is 1. The van der Waals surface area contributed by atoms with Gasteiger partial charge in [0.1, 0.15) is 12.2 Å². The van der Waals surface area contributed by atoms with E-state index in [0.717, 1.165) is 28.5 Å². The van der Waals surface area contributed by atoms with Crippen molar-refractivity contribution in [2.45, 2.75) is 44.2 Å². The molecule has 3 atom stereocenters. The maximum absolute atomic E-state index is 14.8. The monoisotopic (exact) mass is 471 g/mol. The highest BCUT2D eigenvalue weighted by Crippen LogP contribution is 2.46. The van der Waals surface area contributed by atoms with Gasteiger partial charge >= 0.3 is 0 Å². The van der Waals surface area contributed by atoms with Crippen molar-refractivity contribution in [2.75, 3.05) is 19.3 Å². The highest BCUT2D eigenvalue weighted by atomic mass is 32.2. The molecule has 33 heavy (non-hydrogen) atoms. The van der Waals surface area contributed by atoms with E-state index in [0.29, 0.717) is 25.8 Å². The second-order valence-electron chi connectivity index (χ2n) is 8.95. The average molecular weight is 472 g/mol. The van der Waals surface area contributed by atoms with E-state index < -0.39 is 21.6 Å². The van der Waals surface area contributed by atoms with Crippen LogP contribution in [0.25, 0.3) is 11.1 Å². The number of rotatable bonds is 8. The molecular weight excluding hydrogens is 441 g/mol. The third kappa shape index (κ3) is 6.86. The van der Waals surface area contributed by atoms with Crippen molar-refractivity contribution in [2.24, 2.45) is 5.92 Å². The minimum Gasteiger partial charge on any atom is -0.343 e. The van der Waals surface area contributed by atoms with Crippen molar-refractivity contribution in [3.05, 3.63) is 59.7 Å². The van der Waals surface area contributed by atoms with Crippen LogP contribution in [0.2, 0.25) is 0 Å². The summed E-state index contributed by atoms with van der Waals surface area (Å²) in [6, 6.07) is 17.7. The number of hydrogen-bond donors (Lipinski definition) is 2. The molecule has 8 heteroatoms. The normalized spacial score (nSPS) is 23.0. The fourth-order valence-corrected chi connectivity index (χ4v) is 5.05. The van der Waals surface area contributed by atoms with Gasteiger partial charge in [-0.1, -0.05) is 48.5 Å². The maximum Gasteiger partial charge on any atom is 0.224 e. The van der Waals surface area contributed by atoms with Crippen LogP contribution in [0.3, 0.4) is 0 Å². The van der Waals surface area contributed by atoms with Crippen LogP contribution in [0.15, 0.2) is 48.5 Å². The highest BCUT2D eigenvalue weighted by Gasteiger charge is 2.42. The topological polar surface area (TPSA) is 99.1 Å². The van der Waals surface area contributed by atoms with E-state index in [2.05, 4.69) is 10.0 Å². The molecule has 0 aromatic heterocycles. The molecule has 0 heterocycles. The molecule has 0 aliphatic heterocycles. The van der Waals surface area contributed by atoms with Gasteiger partial charge in [0.05, 0.1) is 12.3 Å². The van der Waals surface area contributed by atoms with Crippen LogP contribution in [-0.2, 0) is 21.2 Å². The molecule has 0 bridgehead atoms. The molecule has 1 aliphatic carbocycles. The number of sulfonamides is 1. The zero-order valence-electron chi connectivity index (χ0n) is 19.0. The van der Waals surface area contributed by atoms with Crippen molar-refractivity contribution >= 4 is 15.9 Å². The zero-order chi connectivity index (χ0) is 24.1. The van der Waals surface area contributed by atoms with Gasteiger partial charge in [0.15, 0.2) is 0 Å². The number of nitrogens with zero attached hydrogens (tertiary/aromatic N) is 1. The molecule has 3 rings (SSSR count). The van der Waals surface area contributed by atoms with Gasteiger partial charge in [0.2, 0.25) is 15.9 Å². The van der Waals surface area contributed by atoms with Gasteiger partial charge in [0, 0.05) is 12.5 Å². The van der Waals surface area contributed by atoms with Gasteiger partial charge < -0.3 is 5.32 Å². The molecule has 2 N–H and O–H groups in total. The Morgan fingerprint density at radius 2 is 1.91 bits per heavy atom. The van der Waals surface area contributed by atoms with Crippen molar-refractivity contribution in [3.63, 3.8) is 0 Å². The van der Waals surface area contributed by atoms with Crippen LogP contribution in [-0.4, -0.2) is 39.3 Å². The summed E-state index contributed by atoms with van der Waals surface area (Å²) in [5, 5.41) is 11.5. The molecule has 176 valence electrons. The lowest BCUT2D eigenvalue weighted by atomic mass is 9.69. The molecule has 1 unspecified atom stereocenters. The molecule has 0 radical (unpaired) electrons. The number of carbonyl (C=O) groups excluding carboxylic acids is 1. The quantitative estimate of drug-likeness (QED) is 0.574. The maximum atomic E-state index is 14.8. The molecule has 1 amide bonds. The smallest absolute Gasteiger partial charge is 0.224 e. The summed E-state index contributed by atoms with van der Waals surface area (Å²) in [7, 11) is -3.22. The van der Waals surface area contributed by atoms with Crippen molar-refractivity contribution in [1.29, 1.82) is 5.26 Å². The molecule has 1 fully saturated rings. The number of benzene rings is 2. The van der Waals surface area contributed by atoms with Gasteiger partial charge in [-0.3, -0.25) is 4.79 Å². The lowest BCUT2D eigenvalue weighted by molar-refractivity contribution is -0.128. The number of carbonyl (C=O) groups is 1. The predicted octanol–water partition coefficient (Wildman–Crippen LogP) is 3.70. The van der Waals surface area contributed by atoms with Crippen LogP contribution in [0.5, 0.6) is 0 Å². The zero-order valence-corrected chi connectivity index (χ0v) is 19.8. The summed E-state index contributed by atoms with van der Waals surface area (Å²) in [4.78, 5) is 12.8. The molecule has 1 saturated carbocycles. The highest BCUT2D eigenvalue weighted by molar-refractivity contribution is 7.88. The van der Waals surface area contributed by atoms with Gasteiger partial charge in [-0.15, -0.1) is 0 Å². The summed E-state index contributed by atoms with van der Waals surface area (Å²) in [6.07, 6.45) is 2.76. The Hall–Kier alpha value is -2.76. The van der Waals surface area contributed by atoms with Crippen LogP contribution < -0.4 is 10.0 Å². The third-order valence-corrected chi connectivity index (χ3v) is 6.92. The predicted molar refractivity (Wildman–Crippen MR) is 127 cm³/mol. The van der Waals surface area contributed by atoms with E-state index in [4.69, 9.17) is 5.26 Å². The Balaban J connectivity index is 1.85. The summed E-state index contributed by atoms with van der Waals surface area (Å²) >= 11 is 0.